The maximum absolute atomic E-state index is 12.3. The minimum absolute atomic E-state index is 0.337. The van der Waals surface area contributed by atoms with Gasteiger partial charge in [-0.05, 0) is 50.2 Å². The third-order valence-corrected chi connectivity index (χ3v) is 4.55. The summed E-state index contributed by atoms with van der Waals surface area (Å²) in [5.74, 6) is -0.835. The van der Waals surface area contributed by atoms with Crippen LogP contribution in [-0.4, -0.2) is 28.2 Å². The van der Waals surface area contributed by atoms with Gasteiger partial charge in [0.1, 0.15) is 0 Å². The Labute approximate surface area is 185 Å². The van der Waals surface area contributed by atoms with E-state index in [1.165, 1.54) is 0 Å². The Kier molecular flexibility index (Phi) is 6.92. The largest absolute Gasteiger partial charge is 0.398 e. The van der Waals surface area contributed by atoms with Crippen molar-refractivity contribution in [3.63, 3.8) is 0 Å². The van der Waals surface area contributed by atoms with Gasteiger partial charge < -0.3 is 11.5 Å². The van der Waals surface area contributed by atoms with Crippen LogP contribution in [0.2, 0.25) is 0 Å². The van der Waals surface area contributed by atoms with Gasteiger partial charge in [0, 0.05) is 11.4 Å². The minimum Gasteiger partial charge on any atom is -0.398 e. The van der Waals surface area contributed by atoms with Crippen LogP contribution in [0.15, 0.2) is 76.9 Å². The molecule has 0 unspecified atom stereocenters. The second kappa shape index (κ2) is 9.98. The molecule has 2 aromatic carbocycles. The fraction of sp³-hybridized carbons (Fsp3) is 0.0870. The molecule has 0 atom stereocenters. The Bertz CT molecular complexity index is 1130. The first-order valence-electron chi connectivity index (χ1n) is 9.73. The lowest BCUT2D eigenvalue weighted by atomic mass is 10.2. The number of anilines is 2. The highest BCUT2D eigenvalue weighted by atomic mass is 16.2. The maximum atomic E-state index is 12.3. The van der Waals surface area contributed by atoms with E-state index in [4.69, 9.17) is 11.5 Å². The third-order valence-electron chi connectivity index (χ3n) is 4.55. The van der Waals surface area contributed by atoms with Gasteiger partial charge >= 0.3 is 0 Å². The van der Waals surface area contributed by atoms with Crippen molar-refractivity contribution in [2.75, 3.05) is 11.5 Å². The van der Waals surface area contributed by atoms with E-state index >= 15 is 0 Å². The van der Waals surface area contributed by atoms with Gasteiger partial charge in [0.2, 0.25) is 0 Å². The molecule has 0 saturated carbocycles. The molecule has 9 nitrogen and oxygen atoms in total. The molecule has 162 valence electrons. The summed E-state index contributed by atoms with van der Waals surface area (Å²) < 4.78 is 0. The van der Waals surface area contributed by atoms with E-state index in [0.29, 0.717) is 45.3 Å². The van der Waals surface area contributed by atoms with Crippen molar-refractivity contribution in [1.82, 2.24) is 15.8 Å². The lowest BCUT2D eigenvalue weighted by Gasteiger charge is -2.07. The third kappa shape index (κ3) is 5.33. The summed E-state index contributed by atoms with van der Waals surface area (Å²) in [4.78, 5) is 29.1. The summed E-state index contributed by atoms with van der Waals surface area (Å²) >= 11 is 0. The summed E-state index contributed by atoms with van der Waals surface area (Å²) in [5.41, 5.74) is 20.1. The number of amides is 2. The first-order chi connectivity index (χ1) is 15.4. The van der Waals surface area contributed by atoms with Crippen molar-refractivity contribution in [2.24, 2.45) is 10.2 Å². The molecular formula is C23H23N7O2. The van der Waals surface area contributed by atoms with E-state index < -0.39 is 11.8 Å². The van der Waals surface area contributed by atoms with Gasteiger partial charge in [0.25, 0.3) is 11.8 Å². The number of nitrogens with one attached hydrogen (secondary N) is 2. The number of nitrogens with zero attached hydrogens (tertiary/aromatic N) is 3. The van der Waals surface area contributed by atoms with Crippen molar-refractivity contribution in [3.8, 4) is 0 Å². The van der Waals surface area contributed by atoms with Crippen LogP contribution in [0.4, 0.5) is 11.4 Å². The van der Waals surface area contributed by atoms with Crippen molar-refractivity contribution >= 4 is 34.6 Å². The van der Waals surface area contributed by atoms with E-state index in [1.54, 1.807) is 80.6 Å². The van der Waals surface area contributed by atoms with Crippen LogP contribution in [0, 0.1) is 0 Å². The van der Waals surface area contributed by atoms with Crippen molar-refractivity contribution in [3.05, 3.63) is 89.2 Å². The lowest BCUT2D eigenvalue weighted by Crippen LogP contribution is -2.21. The number of rotatable bonds is 6. The molecule has 0 bridgehead atoms. The van der Waals surface area contributed by atoms with Crippen molar-refractivity contribution in [2.45, 2.75) is 13.8 Å². The Morgan fingerprint density at radius 1 is 0.688 bits per heavy atom. The summed E-state index contributed by atoms with van der Waals surface area (Å²) in [6.07, 6.45) is 0. The number of aromatic nitrogens is 1. The predicted octanol–water partition coefficient (Wildman–Crippen LogP) is 2.55. The zero-order valence-electron chi connectivity index (χ0n) is 17.7. The number of carbonyl (C=O) groups is 2. The quantitative estimate of drug-likeness (QED) is 0.270. The van der Waals surface area contributed by atoms with E-state index in [0.717, 1.165) is 0 Å². The Morgan fingerprint density at radius 2 is 1.09 bits per heavy atom. The van der Waals surface area contributed by atoms with Gasteiger partial charge in [-0.1, -0.05) is 30.3 Å². The van der Waals surface area contributed by atoms with Crippen LogP contribution in [0.3, 0.4) is 0 Å². The zero-order valence-corrected chi connectivity index (χ0v) is 17.7. The Balaban J connectivity index is 1.71. The van der Waals surface area contributed by atoms with E-state index in [9.17, 15) is 9.59 Å². The second-order valence-electron chi connectivity index (χ2n) is 6.86. The molecule has 0 aliphatic heterocycles. The van der Waals surface area contributed by atoms with Crippen molar-refractivity contribution < 1.29 is 9.59 Å². The standard InChI is InChI=1S/C23H23N7O2/c1-14(27-29-22(31)16-8-3-5-10-18(16)24)20-12-7-13-21(26-20)15(2)28-30-23(32)17-9-4-6-11-19(17)25/h3-13H,24-25H2,1-2H3,(H,29,31)(H,30,32)/b27-14+,28-15+. The Hall–Kier alpha value is -4.53. The van der Waals surface area contributed by atoms with E-state index in [-0.39, 0.29) is 0 Å². The number of para-hydroxylation sites is 2. The number of hydrogen-bond acceptors (Lipinski definition) is 7. The van der Waals surface area contributed by atoms with E-state index in [2.05, 4.69) is 26.0 Å². The molecule has 0 aliphatic carbocycles. The summed E-state index contributed by atoms with van der Waals surface area (Å²) in [7, 11) is 0. The molecule has 0 fully saturated rings. The molecule has 1 heterocycles. The summed E-state index contributed by atoms with van der Waals surface area (Å²) in [5, 5.41) is 8.22. The maximum Gasteiger partial charge on any atom is 0.273 e. The van der Waals surface area contributed by atoms with Gasteiger partial charge in [0.05, 0.1) is 33.9 Å². The number of hydrogen-bond donors (Lipinski definition) is 4. The number of pyridine rings is 1. The minimum atomic E-state index is -0.417. The molecule has 0 aliphatic rings. The monoisotopic (exact) mass is 429 g/mol. The zero-order chi connectivity index (χ0) is 23.1. The van der Waals surface area contributed by atoms with Crippen LogP contribution in [0.1, 0.15) is 46.0 Å². The van der Waals surface area contributed by atoms with Crippen LogP contribution in [0.5, 0.6) is 0 Å². The van der Waals surface area contributed by atoms with Gasteiger partial charge in [0.15, 0.2) is 0 Å². The first-order valence-corrected chi connectivity index (χ1v) is 9.73. The normalized spacial score (nSPS) is 11.7. The summed E-state index contributed by atoms with van der Waals surface area (Å²) in [6.45, 7) is 3.43. The second-order valence-corrected chi connectivity index (χ2v) is 6.86. The molecule has 3 aromatic rings. The molecule has 3 rings (SSSR count). The molecular weight excluding hydrogens is 406 g/mol. The van der Waals surface area contributed by atoms with Gasteiger partial charge in [-0.2, -0.15) is 10.2 Å². The van der Waals surface area contributed by atoms with Crippen LogP contribution in [0.25, 0.3) is 0 Å². The first kappa shape index (κ1) is 22.2. The summed E-state index contributed by atoms with van der Waals surface area (Å²) in [6, 6.07) is 18.7. The van der Waals surface area contributed by atoms with Gasteiger partial charge in [-0.3, -0.25) is 9.59 Å². The highest BCUT2D eigenvalue weighted by Gasteiger charge is 2.10. The van der Waals surface area contributed by atoms with E-state index in [1.807, 2.05) is 0 Å². The number of nitrogen functional groups attached to an aromatic ring is 2. The fourth-order valence-corrected chi connectivity index (χ4v) is 2.75. The molecule has 0 radical (unpaired) electrons. The molecule has 9 heteroatoms. The fourth-order valence-electron chi connectivity index (χ4n) is 2.75. The average Bonchev–Trinajstić information content (AvgIpc) is 2.81. The van der Waals surface area contributed by atoms with Gasteiger partial charge in [-0.25, -0.2) is 15.8 Å². The average molecular weight is 429 g/mol. The highest BCUT2D eigenvalue weighted by Crippen LogP contribution is 2.11. The molecule has 6 N–H and O–H groups in total. The number of nitrogens with two attached hydrogens (primary N) is 2. The smallest absolute Gasteiger partial charge is 0.273 e. The topological polar surface area (TPSA) is 148 Å². The van der Waals surface area contributed by atoms with Crippen molar-refractivity contribution in [1.29, 1.82) is 0 Å². The number of benzene rings is 2. The molecule has 0 spiro atoms. The SMILES string of the molecule is C/C(=N\NC(=O)c1ccccc1N)c1cccc(/C(C)=N/NC(=O)c2ccccc2N)n1. The van der Waals surface area contributed by atoms with Crippen LogP contribution in [-0.2, 0) is 0 Å². The molecule has 2 amide bonds. The van der Waals surface area contributed by atoms with Gasteiger partial charge in [-0.15, -0.1) is 0 Å². The Morgan fingerprint density at radius 3 is 1.50 bits per heavy atom. The number of hydrazone groups is 2. The lowest BCUT2D eigenvalue weighted by molar-refractivity contribution is 0.0947. The number of carbonyl (C=O) groups excluding carboxylic acids is 2. The highest BCUT2D eigenvalue weighted by molar-refractivity contribution is 6.04. The van der Waals surface area contributed by atoms with Crippen LogP contribution < -0.4 is 22.3 Å². The predicted molar refractivity (Wildman–Crippen MR) is 125 cm³/mol. The van der Waals surface area contributed by atoms with Crippen LogP contribution >= 0.6 is 0 Å². The molecule has 0 saturated heterocycles. The molecule has 1 aromatic heterocycles. The molecule has 32 heavy (non-hydrogen) atoms.